The molecule has 2 aliphatic rings. The second kappa shape index (κ2) is 5.44. The van der Waals surface area contributed by atoms with E-state index in [4.69, 9.17) is 0 Å². The van der Waals surface area contributed by atoms with E-state index < -0.39 is 0 Å². The van der Waals surface area contributed by atoms with E-state index in [2.05, 4.69) is 54.8 Å². The normalized spacial score (nSPS) is 30.8. The summed E-state index contributed by atoms with van der Waals surface area (Å²) in [5.74, 6) is 1.62. The maximum absolute atomic E-state index is 3.85. The topological polar surface area (TPSA) is 20.2 Å². The predicted molar refractivity (Wildman–Crippen MR) is 84.6 cm³/mol. The van der Waals surface area contributed by atoms with Crippen LogP contribution in [0.25, 0.3) is 0 Å². The van der Waals surface area contributed by atoms with Gasteiger partial charge < -0.3 is 10.3 Å². The molecule has 0 spiro atoms. The van der Waals surface area contributed by atoms with Crippen LogP contribution >= 0.6 is 0 Å². The molecule has 1 N–H and O–H groups in total. The molecule has 1 aliphatic heterocycles. The molecule has 0 radical (unpaired) electrons. The van der Waals surface area contributed by atoms with Gasteiger partial charge in [0.25, 0.3) is 0 Å². The highest BCUT2D eigenvalue weighted by Crippen LogP contribution is 2.36. The highest BCUT2D eigenvalue weighted by atomic mass is 15.4. The summed E-state index contributed by atoms with van der Waals surface area (Å²) in [7, 11) is 0. The van der Waals surface area contributed by atoms with Crippen LogP contribution in [0.4, 0.5) is 0 Å². The number of nitrogens with zero attached hydrogens (tertiary/aromatic N) is 2. The molecule has 3 nitrogen and oxygen atoms in total. The third-order valence-electron chi connectivity index (χ3n) is 5.38. The highest BCUT2D eigenvalue weighted by molar-refractivity contribution is 5.17. The molecule has 0 aromatic carbocycles. The lowest BCUT2D eigenvalue weighted by molar-refractivity contribution is 0.0473. The van der Waals surface area contributed by atoms with E-state index in [1.165, 1.54) is 43.7 Å². The fourth-order valence-corrected chi connectivity index (χ4v) is 4.13. The number of hydrogen-bond acceptors (Lipinski definition) is 2. The third kappa shape index (κ3) is 2.48. The van der Waals surface area contributed by atoms with E-state index in [1.54, 1.807) is 0 Å². The van der Waals surface area contributed by atoms with Crippen molar-refractivity contribution < 1.29 is 0 Å². The lowest BCUT2D eigenvalue weighted by Crippen LogP contribution is -2.57. The van der Waals surface area contributed by atoms with Crippen LogP contribution in [0.2, 0.25) is 0 Å². The standard InChI is InChI=1S/C17H29N3/c1-12(2)19-10-15-6-5-7-16(11-19)17(15)18-20-13(3)8-9-14(20)4/h8-9,12,15-18H,5-7,10-11H2,1-4H3. The average Bonchev–Trinajstić information content (AvgIpc) is 2.70. The summed E-state index contributed by atoms with van der Waals surface area (Å²) in [4.78, 5) is 2.68. The van der Waals surface area contributed by atoms with Gasteiger partial charge in [-0.15, -0.1) is 0 Å². The van der Waals surface area contributed by atoms with Crippen molar-refractivity contribution in [2.45, 2.75) is 59.0 Å². The number of likely N-dealkylation sites (tertiary alicyclic amines) is 1. The second-order valence-corrected chi connectivity index (χ2v) is 7.11. The molecule has 0 amide bonds. The van der Waals surface area contributed by atoms with Gasteiger partial charge >= 0.3 is 0 Å². The number of fused-ring (bicyclic) bond motifs is 2. The van der Waals surface area contributed by atoms with Crippen molar-refractivity contribution >= 4 is 0 Å². The van der Waals surface area contributed by atoms with Gasteiger partial charge in [-0.3, -0.25) is 4.68 Å². The number of aryl methyl sites for hydroxylation is 2. The zero-order chi connectivity index (χ0) is 14.3. The molecule has 1 aromatic rings. The Hall–Kier alpha value is -0.960. The van der Waals surface area contributed by atoms with Crippen LogP contribution in [0, 0.1) is 25.7 Å². The van der Waals surface area contributed by atoms with Crippen LogP contribution < -0.4 is 5.43 Å². The van der Waals surface area contributed by atoms with Crippen LogP contribution in [0.3, 0.4) is 0 Å². The highest BCUT2D eigenvalue weighted by Gasteiger charge is 2.40. The van der Waals surface area contributed by atoms with Gasteiger partial charge in [-0.25, -0.2) is 0 Å². The lowest BCUT2D eigenvalue weighted by atomic mass is 9.73. The van der Waals surface area contributed by atoms with E-state index in [1.807, 2.05) is 0 Å². The van der Waals surface area contributed by atoms with Gasteiger partial charge in [0.15, 0.2) is 0 Å². The van der Waals surface area contributed by atoms with Crippen molar-refractivity contribution in [2.24, 2.45) is 11.8 Å². The SMILES string of the molecule is Cc1ccc(C)n1NC1C2CCCC1CN(C(C)C)C2. The summed E-state index contributed by atoms with van der Waals surface area (Å²) in [6.45, 7) is 11.6. The van der Waals surface area contributed by atoms with E-state index in [-0.39, 0.29) is 0 Å². The molecular formula is C17H29N3. The zero-order valence-corrected chi connectivity index (χ0v) is 13.4. The van der Waals surface area contributed by atoms with E-state index in [0.29, 0.717) is 12.1 Å². The van der Waals surface area contributed by atoms with E-state index in [0.717, 1.165) is 11.8 Å². The molecule has 1 saturated heterocycles. The summed E-state index contributed by atoms with van der Waals surface area (Å²) in [6, 6.07) is 5.76. The zero-order valence-electron chi connectivity index (χ0n) is 13.4. The van der Waals surface area contributed by atoms with Gasteiger partial charge in [0.2, 0.25) is 0 Å². The maximum atomic E-state index is 3.85. The Balaban J connectivity index is 1.77. The minimum atomic E-state index is 0.656. The molecule has 20 heavy (non-hydrogen) atoms. The van der Waals surface area contributed by atoms with E-state index >= 15 is 0 Å². The number of nitrogens with one attached hydrogen (secondary N) is 1. The molecule has 3 heteroatoms. The molecule has 3 rings (SSSR count). The Morgan fingerprint density at radius 2 is 1.60 bits per heavy atom. The van der Waals surface area contributed by atoms with Gasteiger partial charge in [0.05, 0.1) is 6.04 Å². The van der Waals surface area contributed by atoms with Crippen molar-refractivity contribution in [3.05, 3.63) is 23.5 Å². The van der Waals surface area contributed by atoms with Crippen LogP contribution in [0.5, 0.6) is 0 Å². The minimum absolute atomic E-state index is 0.656. The van der Waals surface area contributed by atoms with E-state index in [9.17, 15) is 0 Å². The summed E-state index contributed by atoms with van der Waals surface area (Å²) in [5.41, 5.74) is 6.50. The van der Waals surface area contributed by atoms with Crippen LogP contribution in [0.15, 0.2) is 12.1 Å². The van der Waals surface area contributed by atoms with Gasteiger partial charge in [0, 0.05) is 30.5 Å². The van der Waals surface area contributed by atoms with Crippen molar-refractivity contribution in [3.63, 3.8) is 0 Å². The maximum Gasteiger partial charge on any atom is 0.0505 e. The Morgan fingerprint density at radius 3 is 2.10 bits per heavy atom. The fraction of sp³-hybridized carbons (Fsp3) is 0.765. The van der Waals surface area contributed by atoms with Crippen molar-refractivity contribution in [1.29, 1.82) is 0 Å². The van der Waals surface area contributed by atoms with Crippen LogP contribution in [-0.2, 0) is 0 Å². The first-order valence-corrected chi connectivity index (χ1v) is 8.22. The largest absolute Gasteiger partial charge is 0.322 e. The molecule has 2 bridgehead atoms. The number of hydrogen-bond donors (Lipinski definition) is 1. The Kier molecular flexibility index (Phi) is 3.80. The summed E-state index contributed by atoms with van der Waals surface area (Å²) >= 11 is 0. The molecule has 1 saturated carbocycles. The second-order valence-electron chi connectivity index (χ2n) is 7.11. The van der Waals surface area contributed by atoms with Crippen molar-refractivity contribution in [2.75, 3.05) is 18.5 Å². The molecule has 1 aliphatic carbocycles. The molecule has 2 atom stereocenters. The number of piperidine rings is 1. The average molecular weight is 275 g/mol. The molecule has 112 valence electrons. The summed E-state index contributed by atoms with van der Waals surface area (Å²) in [6.07, 6.45) is 4.19. The smallest absolute Gasteiger partial charge is 0.0505 e. The monoisotopic (exact) mass is 275 g/mol. The van der Waals surface area contributed by atoms with Crippen LogP contribution in [-0.4, -0.2) is 34.7 Å². The third-order valence-corrected chi connectivity index (χ3v) is 5.38. The van der Waals surface area contributed by atoms with Gasteiger partial charge in [0.1, 0.15) is 0 Å². The first kappa shape index (κ1) is 14.0. The molecule has 2 unspecified atom stereocenters. The quantitative estimate of drug-likeness (QED) is 0.914. The van der Waals surface area contributed by atoms with Gasteiger partial charge in [-0.1, -0.05) is 6.42 Å². The summed E-state index contributed by atoms with van der Waals surface area (Å²) < 4.78 is 2.31. The minimum Gasteiger partial charge on any atom is -0.322 e. The molecule has 2 heterocycles. The fourth-order valence-electron chi connectivity index (χ4n) is 4.13. The first-order chi connectivity index (χ1) is 9.56. The lowest BCUT2D eigenvalue weighted by Gasteiger charge is -2.49. The van der Waals surface area contributed by atoms with Crippen molar-refractivity contribution in [1.82, 2.24) is 9.58 Å². The predicted octanol–water partition coefficient (Wildman–Crippen LogP) is 3.16. The molecular weight excluding hydrogens is 246 g/mol. The Labute approximate surface area is 123 Å². The first-order valence-electron chi connectivity index (χ1n) is 8.22. The van der Waals surface area contributed by atoms with Gasteiger partial charge in [-0.2, -0.15) is 0 Å². The summed E-state index contributed by atoms with van der Waals surface area (Å²) in [5, 5.41) is 0. The van der Waals surface area contributed by atoms with Gasteiger partial charge in [-0.05, 0) is 64.5 Å². The number of aromatic nitrogens is 1. The Bertz CT molecular complexity index is 429. The Morgan fingerprint density at radius 1 is 1.05 bits per heavy atom. The van der Waals surface area contributed by atoms with Crippen molar-refractivity contribution in [3.8, 4) is 0 Å². The van der Waals surface area contributed by atoms with Crippen LogP contribution in [0.1, 0.15) is 44.5 Å². The molecule has 2 fully saturated rings. The number of rotatable bonds is 3. The molecule has 1 aromatic heterocycles.